The SMILES string of the molecule is CCOC(=O)c1cccn1CCCCBr. The fourth-order valence-corrected chi connectivity index (χ4v) is 1.77. The smallest absolute Gasteiger partial charge is 0.354 e. The van der Waals surface area contributed by atoms with Gasteiger partial charge in [0.2, 0.25) is 0 Å². The van der Waals surface area contributed by atoms with E-state index in [9.17, 15) is 4.79 Å². The molecule has 1 rings (SSSR count). The number of hydrogen-bond acceptors (Lipinski definition) is 2. The summed E-state index contributed by atoms with van der Waals surface area (Å²) in [5.41, 5.74) is 0.645. The van der Waals surface area contributed by atoms with E-state index in [0.29, 0.717) is 12.3 Å². The lowest BCUT2D eigenvalue weighted by Crippen LogP contribution is -2.11. The van der Waals surface area contributed by atoms with Crippen LogP contribution in [-0.4, -0.2) is 22.5 Å². The molecule has 0 atom stereocenters. The van der Waals surface area contributed by atoms with E-state index in [-0.39, 0.29) is 5.97 Å². The summed E-state index contributed by atoms with van der Waals surface area (Å²) in [4.78, 5) is 11.5. The van der Waals surface area contributed by atoms with Gasteiger partial charge in [-0.1, -0.05) is 15.9 Å². The zero-order valence-corrected chi connectivity index (χ0v) is 10.5. The summed E-state index contributed by atoms with van der Waals surface area (Å²) >= 11 is 3.39. The summed E-state index contributed by atoms with van der Waals surface area (Å²) < 4.78 is 6.91. The number of carbonyl (C=O) groups excluding carboxylic acids is 1. The van der Waals surface area contributed by atoms with Gasteiger partial charge in [-0.3, -0.25) is 0 Å². The van der Waals surface area contributed by atoms with Crippen molar-refractivity contribution in [2.24, 2.45) is 0 Å². The molecule has 0 aliphatic rings. The topological polar surface area (TPSA) is 31.2 Å². The third kappa shape index (κ3) is 3.70. The molecule has 0 aliphatic carbocycles. The predicted octanol–water partition coefficient (Wildman–Crippen LogP) is 2.84. The first-order chi connectivity index (χ1) is 7.29. The Morgan fingerprint density at radius 3 is 3.00 bits per heavy atom. The molecule has 1 aromatic rings. The van der Waals surface area contributed by atoms with Crippen LogP contribution in [0.15, 0.2) is 18.3 Å². The van der Waals surface area contributed by atoms with E-state index in [1.807, 2.05) is 23.8 Å². The lowest BCUT2D eigenvalue weighted by molar-refractivity contribution is 0.0513. The van der Waals surface area contributed by atoms with Crippen LogP contribution in [0.3, 0.4) is 0 Å². The average Bonchev–Trinajstić information content (AvgIpc) is 2.67. The quantitative estimate of drug-likeness (QED) is 0.454. The first-order valence-corrected chi connectivity index (χ1v) is 6.30. The monoisotopic (exact) mass is 273 g/mol. The molecule has 0 bridgehead atoms. The summed E-state index contributed by atoms with van der Waals surface area (Å²) in [6.45, 7) is 3.11. The highest BCUT2D eigenvalue weighted by Crippen LogP contribution is 2.07. The van der Waals surface area contributed by atoms with Crippen molar-refractivity contribution in [2.75, 3.05) is 11.9 Å². The van der Waals surface area contributed by atoms with Crippen molar-refractivity contribution in [2.45, 2.75) is 26.3 Å². The number of halogens is 1. The van der Waals surface area contributed by atoms with Crippen LogP contribution in [0.4, 0.5) is 0 Å². The third-order valence-corrected chi connectivity index (χ3v) is 2.66. The van der Waals surface area contributed by atoms with E-state index in [1.54, 1.807) is 6.07 Å². The number of alkyl halides is 1. The number of nitrogens with zero attached hydrogens (tertiary/aromatic N) is 1. The van der Waals surface area contributed by atoms with Crippen LogP contribution in [0.5, 0.6) is 0 Å². The molecule has 0 unspecified atom stereocenters. The predicted molar refractivity (Wildman–Crippen MR) is 63.4 cm³/mol. The normalized spacial score (nSPS) is 10.3. The zero-order valence-electron chi connectivity index (χ0n) is 8.91. The maximum atomic E-state index is 11.5. The van der Waals surface area contributed by atoms with Gasteiger partial charge in [0, 0.05) is 18.1 Å². The summed E-state index contributed by atoms with van der Waals surface area (Å²) in [7, 11) is 0. The number of ether oxygens (including phenoxy) is 1. The molecule has 0 N–H and O–H groups in total. The third-order valence-electron chi connectivity index (χ3n) is 2.10. The van der Waals surface area contributed by atoms with Gasteiger partial charge in [-0.15, -0.1) is 0 Å². The Hall–Kier alpha value is -0.770. The van der Waals surface area contributed by atoms with Crippen LogP contribution in [-0.2, 0) is 11.3 Å². The van der Waals surface area contributed by atoms with Gasteiger partial charge in [0.15, 0.2) is 0 Å². The Morgan fingerprint density at radius 1 is 1.53 bits per heavy atom. The van der Waals surface area contributed by atoms with Crippen molar-refractivity contribution in [3.8, 4) is 0 Å². The molecule has 0 aromatic carbocycles. The van der Waals surface area contributed by atoms with Crippen LogP contribution in [0.1, 0.15) is 30.3 Å². The highest BCUT2D eigenvalue weighted by molar-refractivity contribution is 9.09. The highest BCUT2D eigenvalue weighted by atomic mass is 79.9. The lowest BCUT2D eigenvalue weighted by atomic mass is 10.3. The van der Waals surface area contributed by atoms with E-state index >= 15 is 0 Å². The number of carbonyl (C=O) groups is 1. The van der Waals surface area contributed by atoms with E-state index in [2.05, 4.69) is 15.9 Å². The summed E-state index contributed by atoms with van der Waals surface area (Å²) in [5.74, 6) is -0.235. The van der Waals surface area contributed by atoms with Crippen LogP contribution in [0, 0.1) is 0 Å². The van der Waals surface area contributed by atoms with E-state index in [0.717, 1.165) is 24.7 Å². The molecular weight excluding hydrogens is 258 g/mol. The van der Waals surface area contributed by atoms with Crippen molar-refractivity contribution in [1.29, 1.82) is 0 Å². The molecular formula is C11H16BrNO2. The fourth-order valence-electron chi connectivity index (χ4n) is 1.38. The van der Waals surface area contributed by atoms with E-state index in [4.69, 9.17) is 4.74 Å². The highest BCUT2D eigenvalue weighted by Gasteiger charge is 2.10. The molecule has 0 radical (unpaired) electrons. The molecule has 84 valence electrons. The van der Waals surface area contributed by atoms with Gasteiger partial charge in [0.05, 0.1) is 6.61 Å². The minimum absolute atomic E-state index is 0.235. The van der Waals surface area contributed by atoms with Crippen LogP contribution in [0.2, 0.25) is 0 Å². The van der Waals surface area contributed by atoms with Crippen molar-refractivity contribution in [1.82, 2.24) is 4.57 Å². The van der Waals surface area contributed by atoms with E-state index in [1.165, 1.54) is 0 Å². The molecule has 0 saturated carbocycles. The first kappa shape index (κ1) is 12.3. The maximum Gasteiger partial charge on any atom is 0.354 e. The maximum absolute atomic E-state index is 11.5. The lowest BCUT2D eigenvalue weighted by Gasteiger charge is -2.07. The number of rotatable bonds is 6. The minimum Gasteiger partial charge on any atom is -0.461 e. The Balaban J connectivity index is 2.56. The largest absolute Gasteiger partial charge is 0.461 e. The first-order valence-electron chi connectivity index (χ1n) is 5.17. The molecule has 0 aliphatic heterocycles. The average molecular weight is 274 g/mol. The molecule has 0 amide bonds. The molecule has 1 aromatic heterocycles. The second-order valence-electron chi connectivity index (χ2n) is 3.20. The zero-order chi connectivity index (χ0) is 11.1. The summed E-state index contributed by atoms with van der Waals surface area (Å²) in [6.07, 6.45) is 4.09. The number of hydrogen-bond donors (Lipinski definition) is 0. The molecule has 4 heteroatoms. The van der Waals surface area contributed by atoms with Gasteiger partial charge in [-0.25, -0.2) is 4.79 Å². The van der Waals surface area contributed by atoms with Gasteiger partial charge in [-0.2, -0.15) is 0 Å². The van der Waals surface area contributed by atoms with Gasteiger partial charge < -0.3 is 9.30 Å². The number of esters is 1. The van der Waals surface area contributed by atoms with Crippen molar-refractivity contribution < 1.29 is 9.53 Å². The molecule has 0 spiro atoms. The molecule has 1 heterocycles. The van der Waals surface area contributed by atoms with Crippen molar-refractivity contribution >= 4 is 21.9 Å². The van der Waals surface area contributed by atoms with Crippen LogP contribution < -0.4 is 0 Å². The fraction of sp³-hybridized carbons (Fsp3) is 0.545. The molecule has 3 nitrogen and oxygen atoms in total. The summed E-state index contributed by atoms with van der Waals surface area (Å²) in [5, 5.41) is 1.00. The number of aromatic nitrogens is 1. The van der Waals surface area contributed by atoms with Crippen LogP contribution in [0.25, 0.3) is 0 Å². The standard InChI is InChI=1S/C11H16BrNO2/c1-2-15-11(14)10-6-5-9-13(10)8-4-3-7-12/h5-6,9H,2-4,7-8H2,1H3. The summed E-state index contributed by atoms with van der Waals surface area (Å²) in [6, 6.07) is 3.67. The van der Waals surface area contributed by atoms with Crippen molar-refractivity contribution in [3.05, 3.63) is 24.0 Å². The second-order valence-corrected chi connectivity index (χ2v) is 4.00. The second kappa shape index (κ2) is 6.67. The van der Waals surface area contributed by atoms with Gasteiger partial charge >= 0.3 is 5.97 Å². The van der Waals surface area contributed by atoms with Gasteiger partial charge in [-0.05, 0) is 31.9 Å². The molecule has 0 saturated heterocycles. The van der Waals surface area contributed by atoms with Gasteiger partial charge in [0.25, 0.3) is 0 Å². The van der Waals surface area contributed by atoms with E-state index < -0.39 is 0 Å². The number of unbranched alkanes of at least 4 members (excludes halogenated alkanes) is 1. The van der Waals surface area contributed by atoms with Crippen LogP contribution >= 0.6 is 15.9 Å². The number of aryl methyl sites for hydroxylation is 1. The van der Waals surface area contributed by atoms with Crippen molar-refractivity contribution in [3.63, 3.8) is 0 Å². The Kier molecular flexibility index (Phi) is 5.47. The Morgan fingerprint density at radius 2 is 2.33 bits per heavy atom. The molecule has 0 fully saturated rings. The minimum atomic E-state index is -0.235. The Bertz CT molecular complexity index is 309. The Labute approximate surface area is 98.5 Å². The molecule has 15 heavy (non-hydrogen) atoms. The van der Waals surface area contributed by atoms with Gasteiger partial charge in [0.1, 0.15) is 5.69 Å².